The second-order valence-electron chi connectivity index (χ2n) is 6.77. The second-order valence-corrected chi connectivity index (χ2v) is 6.77. The monoisotopic (exact) mass is 375 g/mol. The maximum Gasteiger partial charge on any atom is 0.414 e. The fourth-order valence-corrected chi connectivity index (χ4v) is 3.31. The highest BCUT2D eigenvalue weighted by molar-refractivity contribution is 6.08. The van der Waals surface area contributed by atoms with Gasteiger partial charge in [-0.1, -0.05) is 42.5 Å². The van der Waals surface area contributed by atoms with Gasteiger partial charge in [0.25, 0.3) is 0 Å². The molecule has 2 aromatic rings. The van der Waals surface area contributed by atoms with Crippen LogP contribution in [0.1, 0.15) is 28.8 Å². The highest BCUT2D eigenvalue weighted by Gasteiger charge is 2.33. The summed E-state index contributed by atoms with van der Waals surface area (Å²) in [4.78, 5) is 26.2. The van der Waals surface area contributed by atoms with Gasteiger partial charge in [-0.2, -0.15) is 0 Å². The van der Waals surface area contributed by atoms with Crippen molar-refractivity contribution in [1.82, 2.24) is 4.90 Å². The van der Waals surface area contributed by atoms with E-state index in [1.807, 2.05) is 30.4 Å². The van der Waals surface area contributed by atoms with E-state index in [0.717, 1.165) is 18.5 Å². The van der Waals surface area contributed by atoms with Crippen molar-refractivity contribution in [2.24, 2.45) is 0 Å². The molecule has 0 saturated carbocycles. The van der Waals surface area contributed by atoms with Crippen LogP contribution in [0, 0.1) is 0 Å². The SMILES string of the molecule is O=C(c1ccccc1)c1ccc(OCC2CN(C3=CC=CCC3)C(=O)O2)cc1. The van der Waals surface area contributed by atoms with Gasteiger partial charge in [0, 0.05) is 16.8 Å². The Hall–Kier alpha value is -3.34. The Morgan fingerprint density at radius 3 is 2.54 bits per heavy atom. The molecule has 0 spiro atoms. The van der Waals surface area contributed by atoms with Crippen molar-refractivity contribution in [3.63, 3.8) is 0 Å². The van der Waals surface area contributed by atoms with Crippen LogP contribution in [0.4, 0.5) is 4.79 Å². The van der Waals surface area contributed by atoms with Crippen molar-refractivity contribution in [3.05, 3.63) is 89.6 Å². The van der Waals surface area contributed by atoms with E-state index >= 15 is 0 Å². The number of allylic oxidation sites excluding steroid dienone is 4. The largest absolute Gasteiger partial charge is 0.490 e. The number of hydrogen-bond acceptors (Lipinski definition) is 4. The molecule has 5 nitrogen and oxygen atoms in total. The molecule has 1 aliphatic carbocycles. The topological polar surface area (TPSA) is 55.8 Å². The van der Waals surface area contributed by atoms with Crippen molar-refractivity contribution in [2.45, 2.75) is 18.9 Å². The van der Waals surface area contributed by atoms with Gasteiger partial charge in [-0.3, -0.25) is 9.69 Å². The maximum absolute atomic E-state index is 12.4. The molecule has 1 heterocycles. The van der Waals surface area contributed by atoms with Crippen LogP contribution in [0.5, 0.6) is 5.75 Å². The van der Waals surface area contributed by atoms with Crippen LogP contribution in [0.2, 0.25) is 0 Å². The fourth-order valence-electron chi connectivity index (χ4n) is 3.31. The van der Waals surface area contributed by atoms with Gasteiger partial charge in [-0.25, -0.2) is 4.79 Å². The van der Waals surface area contributed by atoms with Gasteiger partial charge in [0.05, 0.1) is 6.54 Å². The lowest BCUT2D eigenvalue weighted by Gasteiger charge is -2.18. The first-order chi connectivity index (χ1) is 13.7. The van der Waals surface area contributed by atoms with Gasteiger partial charge in [-0.15, -0.1) is 0 Å². The summed E-state index contributed by atoms with van der Waals surface area (Å²) in [6.45, 7) is 0.764. The van der Waals surface area contributed by atoms with Gasteiger partial charge in [0.2, 0.25) is 0 Å². The number of amides is 1. The maximum atomic E-state index is 12.4. The number of rotatable bonds is 6. The van der Waals surface area contributed by atoms with Crippen molar-refractivity contribution in [1.29, 1.82) is 0 Å². The molecule has 1 amide bonds. The normalized spacial score (nSPS) is 18.6. The molecule has 0 radical (unpaired) electrons. The van der Waals surface area contributed by atoms with E-state index in [1.54, 1.807) is 41.3 Å². The molecule has 28 heavy (non-hydrogen) atoms. The first kappa shape index (κ1) is 18.0. The van der Waals surface area contributed by atoms with E-state index in [4.69, 9.17) is 9.47 Å². The molecule has 2 aromatic carbocycles. The van der Waals surface area contributed by atoms with E-state index in [-0.39, 0.29) is 24.6 Å². The molecule has 0 bridgehead atoms. The summed E-state index contributed by atoms with van der Waals surface area (Å²) in [5.74, 6) is 0.612. The molecule has 1 atom stereocenters. The summed E-state index contributed by atoms with van der Waals surface area (Å²) in [5.41, 5.74) is 2.24. The molecular weight excluding hydrogens is 354 g/mol. The van der Waals surface area contributed by atoms with E-state index in [9.17, 15) is 9.59 Å². The Bertz CT molecular complexity index is 915. The third-order valence-electron chi connectivity index (χ3n) is 4.80. The van der Waals surface area contributed by atoms with Gasteiger partial charge in [0.1, 0.15) is 12.4 Å². The summed E-state index contributed by atoms with van der Waals surface area (Å²) in [6, 6.07) is 16.2. The lowest BCUT2D eigenvalue weighted by atomic mass is 10.0. The van der Waals surface area contributed by atoms with Crippen LogP contribution in [0.3, 0.4) is 0 Å². The van der Waals surface area contributed by atoms with Crippen LogP contribution >= 0.6 is 0 Å². The molecular formula is C23H21NO4. The van der Waals surface area contributed by atoms with Crippen molar-refractivity contribution in [3.8, 4) is 5.75 Å². The molecule has 5 heteroatoms. The minimum Gasteiger partial charge on any atom is -0.490 e. The van der Waals surface area contributed by atoms with Gasteiger partial charge in [-0.05, 0) is 43.2 Å². The van der Waals surface area contributed by atoms with E-state index < -0.39 is 0 Å². The number of ketones is 1. The van der Waals surface area contributed by atoms with Gasteiger partial charge in [0.15, 0.2) is 11.9 Å². The Morgan fingerprint density at radius 2 is 1.82 bits per heavy atom. The molecule has 1 unspecified atom stereocenters. The highest BCUT2D eigenvalue weighted by atomic mass is 16.6. The predicted octanol–water partition coefficient (Wildman–Crippen LogP) is 4.35. The Balaban J connectivity index is 1.33. The average Bonchev–Trinajstić information content (AvgIpc) is 3.14. The first-order valence-corrected chi connectivity index (χ1v) is 9.37. The molecule has 1 saturated heterocycles. The van der Waals surface area contributed by atoms with E-state index in [1.165, 1.54) is 0 Å². The summed E-state index contributed by atoms with van der Waals surface area (Å²) in [6.07, 6.45) is 7.15. The molecule has 0 N–H and O–H groups in total. The van der Waals surface area contributed by atoms with E-state index in [0.29, 0.717) is 23.4 Å². The lowest BCUT2D eigenvalue weighted by molar-refractivity contribution is 0.102. The molecule has 142 valence electrons. The number of cyclic esters (lactones) is 1. The second kappa shape index (κ2) is 8.13. The quantitative estimate of drug-likeness (QED) is 0.705. The Labute approximate surface area is 163 Å². The number of carbonyl (C=O) groups is 2. The molecule has 0 aromatic heterocycles. The van der Waals surface area contributed by atoms with E-state index in [2.05, 4.69) is 6.08 Å². The fraction of sp³-hybridized carbons (Fsp3) is 0.217. The van der Waals surface area contributed by atoms with Crippen LogP contribution in [0.25, 0.3) is 0 Å². The predicted molar refractivity (Wildman–Crippen MR) is 105 cm³/mol. The summed E-state index contributed by atoms with van der Waals surface area (Å²) < 4.78 is 11.2. The molecule has 4 rings (SSSR count). The molecule has 1 aliphatic heterocycles. The third-order valence-corrected chi connectivity index (χ3v) is 4.80. The lowest BCUT2D eigenvalue weighted by Crippen LogP contribution is -2.26. The van der Waals surface area contributed by atoms with Crippen LogP contribution in [0.15, 0.2) is 78.5 Å². The Kier molecular flexibility index (Phi) is 5.24. The van der Waals surface area contributed by atoms with Crippen molar-refractivity contribution in [2.75, 3.05) is 13.2 Å². The standard InChI is InChI=1S/C23H21NO4/c25-22(17-7-3-1-4-8-17)18-11-13-20(14-12-18)27-16-21-15-24(23(26)28-21)19-9-5-2-6-10-19/h1-5,7-9,11-14,21H,6,10,15-16H2. The van der Waals surface area contributed by atoms with Gasteiger partial charge < -0.3 is 9.47 Å². The number of carbonyl (C=O) groups excluding carboxylic acids is 2. The number of ether oxygens (including phenoxy) is 2. The number of hydrogen-bond donors (Lipinski definition) is 0. The van der Waals surface area contributed by atoms with Gasteiger partial charge >= 0.3 is 6.09 Å². The van der Waals surface area contributed by atoms with Crippen molar-refractivity contribution >= 4 is 11.9 Å². The minimum atomic E-state index is -0.320. The van der Waals surface area contributed by atoms with Crippen LogP contribution < -0.4 is 4.74 Å². The zero-order chi connectivity index (χ0) is 19.3. The number of benzene rings is 2. The first-order valence-electron chi connectivity index (χ1n) is 9.37. The average molecular weight is 375 g/mol. The highest BCUT2D eigenvalue weighted by Crippen LogP contribution is 2.24. The van der Waals surface area contributed by atoms with Crippen LogP contribution in [-0.4, -0.2) is 36.0 Å². The zero-order valence-electron chi connectivity index (χ0n) is 15.4. The summed E-state index contributed by atoms with van der Waals surface area (Å²) >= 11 is 0. The third kappa shape index (κ3) is 3.98. The summed E-state index contributed by atoms with van der Waals surface area (Å²) in [5, 5.41) is 0. The zero-order valence-corrected chi connectivity index (χ0v) is 15.4. The van der Waals surface area contributed by atoms with Crippen LogP contribution in [-0.2, 0) is 4.74 Å². The smallest absolute Gasteiger partial charge is 0.414 e. The Morgan fingerprint density at radius 1 is 1.07 bits per heavy atom. The molecule has 1 fully saturated rings. The summed E-state index contributed by atoms with van der Waals surface area (Å²) in [7, 11) is 0. The minimum absolute atomic E-state index is 0.0256. The van der Waals surface area contributed by atoms with Crippen molar-refractivity contribution < 1.29 is 19.1 Å². The number of nitrogens with zero attached hydrogens (tertiary/aromatic N) is 1. The molecule has 2 aliphatic rings.